The van der Waals surface area contributed by atoms with Crippen molar-refractivity contribution in [2.45, 2.75) is 6.42 Å². The third kappa shape index (κ3) is 10.1. The molecule has 8 heteroatoms. The van der Waals surface area contributed by atoms with Crippen molar-refractivity contribution < 1.29 is 13.9 Å². The summed E-state index contributed by atoms with van der Waals surface area (Å²) in [6, 6.07) is 6.47. The zero-order valence-corrected chi connectivity index (χ0v) is 15.7. The maximum Gasteiger partial charge on any atom is 0.239 e. The molecule has 23 heavy (non-hydrogen) atoms. The molecule has 0 atom stereocenters. The van der Waals surface area contributed by atoms with Crippen LogP contribution in [0.15, 0.2) is 29.3 Å². The molecular weight excluding hydrogens is 414 g/mol. The van der Waals surface area contributed by atoms with Gasteiger partial charge in [-0.1, -0.05) is 12.1 Å². The number of halogens is 2. The number of hydrogen-bond donors (Lipinski definition) is 3. The van der Waals surface area contributed by atoms with Crippen molar-refractivity contribution in [1.82, 2.24) is 16.0 Å². The fourth-order valence-electron chi connectivity index (χ4n) is 1.76. The number of carbonyl (C=O) groups excluding carboxylic acids is 1. The zero-order valence-electron chi connectivity index (χ0n) is 13.4. The van der Waals surface area contributed by atoms with Gasteiger partial charge in [0.15, 0.2) is 5.96 Å². The maximum atomic E-state index is 13.0. The molecule has 0 saturated heterocycles. The van der Waals surface area contributed by atoms with E-state index in [-0.39, 0.29) is 42.2 Å². The third-order valence-electron chi connectivity index (χ3n) is 2.86. The Morgan fingerprint density at radius 3 is 2.70 bits per heavy atom. The smallest absolute Gasteiger partial charge is 0.239 e. The average molecular weight is 438 g/mol. The van der Waals surface area contributed by atoms with E-state index in [1.54, 1.807) is 20.2 Å². The molecule has 1 aromatic rings. The van der Waals surface area contributed by atoms with Crippen LogP contribution in [-0.4, -0.2) is 52.3 Å². The highest BCUT2D eigenvalue weighted by Crippen LogP contribution is 2.03. The van der Waals surface area contributed by atoms with Gasteiger partial charge in [-0.25, -0.2) is 4.39 Å². The quantitative estimate of drug-likeness (QED) is 0.244. The Morgan fingerprint density at radius 2 is 2.04 bits per heavy atom. The molecule has 0 spiro atoms. The normalized spacial score (nSPS) is 10.7. The Morgan fingerprint density at radius 1 is 1.26 bits per heavy atom. The van der Waals surface area contributed by atoms with E-state index in [0.717, 1.165) is 5.56 Å². The molecule has 3 N–H and O–H groups in total. The van der Waals surface area contributed by atoms with Crippen LogP contribution in [-0.2, 0) is 16.0 Å². The minimum Gasteiger partial charge on any atom is -0.383 e. The summed E-state index contributed by atoms with van der Waals surface area (Å²) < 4.78 is 17.9. The van der Waals surface area contributed by atoms with E-state index in [1.807, 2.05) is 6.07 Å². The fourth-order valence-corrected chi connectivity index (χ4v) is 1.76. The first-order valence-corrected chi connectivity index (χ1v) is 7.10. The number of aliphatic imine (C=N–C) groups is 1. The third-order valence-corrected chi connectivity index (χ3v) is 2.86. The fraction of sp³-hybridized carbons (Fsp3) is 0.467. The summed E-state index contributed by atoms with van der Waals surface area (Å²) in [5.41, 5.74) is 0.903. The molecule has 0 bridgehead atoms. The summed E-state index contributed by atoms with van der Waals surface area (Å²) in [7, 11) is 3.20. The highest BCUT2D eigenvalue weighted by molar-refractivity contribution is 14.0. The number of carbonyl (C=O) groups is 1. The Hall–Kier alpha value is -1.42. The van der Waals surface area contributed by atoms with Gasteiger partial charge in [0.1, 0.15) is 5.82 Å². The van der Waals surface area contributed by atoms with Gasteiger partial charge in [0.05, 0.1) is 13.2 Å². The van der Waals surface area contributed by atoms with Gasteiger partial charge in [-0.2, -0.15) is 0 Å². The average Bonchev–Trinajstić information content (AvgIpc) is 2.51. The molecule has 6 nitrogen and oxygen atoms in total. The number of hydrogen-bond acceptors (Lipinski definition) is 3. The number of benzene rings is 1. The lowest BCUT2D eigenvalue weighted by atomic mass is 10.1. The molecule has 0 aromatic heterocycles. The minimum absolute atomic E-state index is 0. The van der Waals surface area contributed by atoms with Gasteiger partial charge in [-0.15, -0.1) is 24.0 Å². The highest BCUT2D eigenvalue weighted by Gasteiger charge is 2.03. The lowest BCUT2D eigenvalue weighted by Crippen LogP contribution is -2.44. The van der Waals surface area contributed by atoms with Crippen LogP contribution in [0.3, 0.4) is 0 Å². The molecule has 0 aliphatic rings. The van der Waals surface area contributed by atoms with Crippen LogP contribution in [0, 0.1) is 5.82 Å². The molecule has 0 saturated carbocycles. The number of amides is 1. The SMILES string of the molecule is CN=C(NCCc1cccc(F)c1)NCC(=O)NCCOC.I. The van der Waals surface area contributed by atoms with E-state index in [1.165, 1.54) is 12.1 Å². The second-order valence-corrected chi connectivity index (χ2v) is 4.58. The summed E-state index contributed by atoms with van der Waals surface area (Å²) >= 11 is 0. The molecular formula is C15H24FIN4O2. The van der Waals surface area contributed by atoms with Crippen LogP contribution in [0.4, 0.5) is 4.39 Å². The first-order chi connectivity index (χ1) is 10.7. The van der Waals surface area contributed by atoms with E-state index in [0.29, 0.717) is 32.1 Å². The summed E-state index contributed by atoms with van der Waals surface area (Å²) in [6.07, 6.45) is 0.665. The summed E-state index contributed by atoms with van der Waals surface area (Å²) in [5, 5.41) is 8.68. The van der Waals surface area contributed by atoms with Gasteiger partial charge in [0, 0.05) is 27.2 Å². The van der Waals surface area contributed by atoms with E-state index in [4.69, 9.17) is 4.74 Å². The van der Waals surface area contributed by atoms with Crippen LogP contribution in [0.5, 0.6) is 0 Å². The number of methoxy groups -OCH3 is 1. The van der Waals surface area contributed by atoms with E-state index >= 15 is 0 Å². The van der Waals surface area contributed by atoms with Gasteiger partial charge in [0.25, 0.3) is 0 Å². The first-order valence-electron chi connectivity index (χ1n) is 7.10. The van der Waals surface area contributed by atoms with Gasteiger partial charge in [0.2, 0.25) is 5.91 Å². The van der Waals surface area contributed by atoms with Crippen LogP contribution >= 0.6 is 24.0 Å². The van der Waals surface area contributed by atoms with Gasteiger partial charge < -0.3 is 20.7 Å². The Labute approximate surface area is 153 Å². The number of guanidine groups is 1. The molecule has 1 rings (SSSR count). The molecule has 130 valence electrons. The van der Waals surface area contributed by atoms with Crippen molar-refractivity contribution in [2.75, 3.05) is 40.4 Å². The van der Waals surface area contributed by atoms with Gasteiger partial charge in [-0.05, 0) is 24.1 Å². The predicted octanol–water partition coefficient (Wildman–Crippen LogP) is 0.914. The van der Waals surface area contributed by atoms with E-state index < -0.39 is 0 Å². The van der Waals surface area contributed by atoms with Crippen molar-refractivity contribution in [3.63, 3.8) is 0 Å². The van der Waals surface area contributed by atoms with Crippen molar-refractivity contribution in [3.8, 4) is 0 Å². The predicted molar refractivity (Wildman–Crippen MR) is 99.8 cm³/mol. The summed E-state index contributed by atoms with van der Waals surface area (Å²) in [4.78, 5) is 15.5. The largest absolute Gasteiger partial charge is 0.383 e. The van der Waals surface area contributed by atoms with Crippen LogP contribution in [0.2, 0.25) is 0 Å². The van der Waals surface area contributed by atoms with Crippen LogP contribution in [0.25, 0.3) is 0 Å². The molecule has 0 radical (unpaired) electrons. The first kappa shape index (κ1) is 21.6. The second-order valence-electron chi connectivity index (χ2n) is 4.58. The maximum absolute atomic E-state index is 13.0. The second kappa shape index (κ2) is 13.1. The molecule has 0 aliphatic heterocycles. The molecule has 1 aromatic carbocycles. The number of nitrogens with zero attached hydrogens (tertiary/aromatic N) is 1. The number of rotatable bonds is 8. The Kier molecular flexibility index (Phi) is 12.3. The lowest BCUT2D eigenvalue weighted by Gasteiger charge is -2.12. The van der Waals surface area contributed by atoms with Gasteiger partial charge >= 0.3 is 0 Å². The van der Waals surface area contributed by atoms with Crippen molar-refractivity contribution in [3.05, 3.63) is 35.6 Å². The zero-order chi connectivity index (χ0) is 16.2. The Balaban J connectivity index is 0.00000484. The molecule has 0 heterocycles. The van der Waals surface area contributed by atoms with Crippen LogP contribution < -0.4 is 16.0 Å². The number of ether oxygens (including phenoxy) is 1. The highest BCUT2D eigenvalue weighted by atomic mass is 127. The van der Waals surface area contributed by atoms with Crippen molar-refractivity contribution in [1.29, 1.82) is 0 Å². The molecule has 0 fully saturated rings. The van der Waals surface area contributed by atoms with Gasteiger partial charge in [-0.3, -0.25) is 9.79 Å². The molecule has 0 unspecified atom stereocenters. The Bertz CT molecular complexity index is 500. The van der Waals surface area contributed by atoms with E-state index in [9.17, 15) is 9.18 Å². The lowest BCUT2D eigenvalue weighted by molar-refractivity contribution is -0.120. The molecule has 1 amide bonds. The van der Waals surface area contributed by atoms with E-state index in [2.05, 4.69) is 20.9 Å². The van der Waals surface area contributed by atoms with Crippen molar-refractivity contribution in [2.24, 2.45) is 4.99 Å². The monoisotopic (exact) mass is 438 g/mol. The summed E-state index contributed by atoms with van der Waals surface area (Å²) in [6.45, 7) is 1.67. The van der Waals surface area contributed by atoms with Crippen LogP contribution in [0.1, 0.15) is 5.56 Å². The topological polar surface area (TPSA) is 74.8 Å². The molecule has 0 aliphatic carbocycles. The van der Waals surface area contributed by atoms with Crippen molar-refractivity contribution >= 4 is 35.8 Å². The summed E-state index contributed by atoms with van der Waals surface area (Å²) in [5.74, 6) is 0.149. The standard InChI is InChI=1S/C15H23FN4O2.HI/c1-17-15(20-11-14(21)18-8-9-22-2)19-7-6-12-4-3-5-13(16)10-12;/h3-5,10H,6-9,11H2,1-2H3,(H,18,21)(H2,17,19,20);1H. The minimum atomic E-state index is -0.243. The number of nitrogens with one attached hydrogen (secondary N) is 3.